The number of rotatable bonds is 7. The summed E-state index contributed by atoms with van der Waals surface area (Å²) in [7, 11) is 0. The van der Waals surface area contributed by atoms with E-state index in [9.17, 15) is 0 Å². The molecule has 4 rings (SSSR count). The molecule has 0 aromatic carbocycles. The van der Waals surface area contributed by atoms with Crippen LogP contribution in [0.2, 0.25) is 0 Å². The first kappa shape index (κ1) is 26.4. The topological polar surface area (TPSA) is 90.3 Å². The lowest BCUT2D eigenvalue weighted by atomic mass is 9.78. The molecule has 2 atom stereocenters. The highest BCUT2D eigenvalue weighted by Crippen LogP contribution is 2.36. The first-order valence-electron chi connectivity index (χ1n) is 12.1. The Morgan fingerprint density at radius 3 is 2.52 bits per heavy atom. The monoisotopic (exact) mass is 453 g/mol. The van der Waals surface area contributed by atoms with Crippen LogP contribution in [-0.4, -0.2) is 54.6 Å². The van der Waals surface area contributed by atoms with E-state index < -0.39 is 0 Å². The van der Waals surface area contributed by atoms with E-state index >= 15 is 0 Å². The number of allylic oxidation sites excluding steroid dienone is 3. The van der Waals surface area contributed by atoms with Crippen molar-refractivity contribution in [3.05, 3.63) is 34.0 Å². The van der Waals surface area contributed by atoms with Gasteiger partial charge in [0.15, 0.2) is 0 Å². The molecule has 1 unspecified atom stereocenters. The molecule has 0 aromatic heterocycles. The third-order valence-corrected chi connectivity index (χ3v) is 8.09. The normalized spacial score (nSPS) is 25.7. The van der Waals surface area contributed by atoms with Gasteiger partial charge in [-0.05, 0) is 93.4 Å². The van der Waals surface area contributed by atoms with Crippen LogP contribution in [0.1, 0.15) is 65.2 Å². The second-order valence-electron chi connectivity index (χ2n) is 9.98. The maximum atomic E-state index is 6.18. The highest BCUT2D eigenvalue weighted by atomic mass is 35.5. The first-order valence-corrected chi connectivity index (χ1v) is 12.4. The quantitative estimate of drug-likeness (QED) is 0.617. The molecule has 4 aliphatic rings. The zero-order valence-corrected chi connectivity index (χ0v) is 20.2. The molecule has 0 saturated carbocycles. The SMILES string of the molecule is CC(C)[C@H](CN1CCC(C2CC=C(Cl)CC2)CC1)NCC1=CCCC2=C1NCC2.O.O. The van der Waals surface area contributed by atoms with Crippen LogP contribution in [0.15, 0.2) is 34.0 Å². The van der Waals surface area contributed by atoms with Gasteiger partial charge in [-0.15, -0.1) is 0 Å². The number of nitrogens with one attached hydrogen (secondary N) is 2. The smallest absolute Gasteiger partial charge is 0.0375 e. The summed E-state index contributed by atoms with van der Waals surface area (Å²) in [5.74, 6) is 2.44. The van der Waals surface area contributed by atoms with Gasteiger partial charge in [-0.25, -0.2) is 0 Å². The Morgan fingerprint density at radius 2 is 1.84 bits per heavy atom. The Labute approximate surface area is 194 Å². The van der Waals surface area contributed by atoms with Crippen LogP contribution < -0.4 is 10.6 Å². The summed E-state index contributed by atoms with van der Waals surface area (Å²) < 4.78 is 0. The largest absolute Gasteiger partial charge is 0.412 e. The van der Waals surface area contributed by atoms with Crippen molar-refractivity contribution in [1.29, 1.82) is 0 Å². The van der Waals surface area contributed by atoms with E-state index in [2.05, 4.69) is 41.5 Å². The fourth-order valence-corrected chi connectivity index (χ4v) is 5.95. The van der Waals surface area contributed by atoms with Gasteiger partial charge in [0.05, 0.1) is 0 Å². The molecule has 6 N–H and O–H groups in total. The second kappa shape index (κ2) is 12.4. The van der Waals surface area contributed by atoms with Gasteiger partial charge >= 0.3 is 0 Å². The minimum atomic E-state index is 0. The van der Waals surface area contributed by atoms with Crippen molar-refractivity contribution in [1.82, 2.24) is 15.5 Å². The molecule has 1 fully saturated rings. The molecule has 0 radical (unpaired) electrons. The number of hydrogen-bond donors (Lipinski definition) is 2. The average Bonchev–Trinajstić information content (AvgIpc) is 3.21. The van der Waals surface area contributed by atoms with Crippen molar-refractivity contribution >= 4 is 11.6 Å². The van der Waals surface area contributed by atoms with E-state index in [0.29, 0.717) is 12.0 Å². The van der Waals surface area contributed by atoms with Crippen LogP contribution in [0.4, 0.5) is 0 Å². The minimum absolute atomic E-state index is 0. The van der Waals surface area contributed by atoms with Crippen LogP contribution in [0.25, 0.3) is 0 Å². The number of likely N-dealkylation sites (tertiary alicyclic amines) is 1. The van der Waals surface area contributed by atoms with Gasteiger partial charge < -0.3 is 26.5 Å². The van der Waals surface area contributed by atoms with Crippen molar-refractivity contribution in [3.8, 4) is 0 Å². The maximum Gasteiger partial charge on any atom is 0.0375 e. The van der Waals surface area contributed by atoms with Gasteiger partial charge in [0.25, 0.3) is 0 Å². The van der Waals surface area contributed by atoms with Gasteiger partial charge in [0.2, 0.25) is 0 Å². The Bertz CT molecular complexity index is 666. The number of piperidine rings is 1. The lowest BCUT2D eigenvalue weighted by molar-refractivity contribution is 0.125. The standard InChI is InChI=1S/C25H40ClN3.2H2O/c1-18(2)24(28-16-22-5-3-4-21-10-13-27-25(21)22)17-29-14-11-20(12-15-29)19-6-8-23(26)9-7-19;;/h5,8,18-20,24,27-28H,3-4,6-7,9-17H2,1-2H3;2*1H2/t19?,24-;;/m0../s1. The Morgan fingerprint density at radius 1 is 1.06 bits per heavy atom. The van der Waals surface area contributed by atoms with E-state index in [0.717, 1.165) is 36.4 Å². The predicted octanol–water partition coefficient (Wildman–Crippen LogP) is 3.55. The highest BCUT2D eigenvalue weighted by Gasteiger charge is 2.29. The molecule has 178 valence electrons. The number of halogens is 1. The zero-order valence-electron chi connectivity index (χ0n) is 19.5. The van der Waals surface area contributed by atoms with Crippen LogP contribution >= 0.6 is 11.6 Å². The van der Waals surface area contributed by atoms with E-state index in [-0.39, 0.29) is 11.0 Å². The summed E-state index contributed by atoms with van der Waals surface area (Å²) in [6, 6.07) is 0.566. The lowest BCUT2D eigenvalue weighted by Crippen LogP contribution is -2.48. The summed E-state index contributed by atoms with van der Waals surface area (Å²) in [6.07, 6.45) is 14.8. The van der Waals surface area contributed by atoms with Crippen LogP contribution in [0.5, 0.6) is 0 Å². The van der Waals surface area contributed by atoms with Gasteiger partial charge in [0, 0.05) is 36.4 Å². The van der Waals surface area contributed by atoms with Crippen molar-refractivity contribution < 1.29 is 11.0 Å². The summed E-state index contributed by atoms with van der Waals surface area (Å²) in [5, 5.41) is 8.64. The molecule has 0 amide bonds. The molecule has 6 heteroatoms. The molecule has 1 saturated heterocycles. The molecule has 2 aliphatic carbocycles. The van der Waals surface area contributed by atoms with Crippen molar-refractivity contribution in [2.75, 3.05) is 32.7 Å². The van der Waals surface area contributed by atoms with Crippen LogP contribution in [-0.2, 0) is 0 Å². The molecule has 31 heavy (non-hydrogen) atoms. The van der Waals surface area contributed by atoms with Crippen LogP contribution in [0, 0.1) is 17.8 Å². The Balaban J connectivity index is 0.00000171. The molecular formula is C25H44ClN3O2. The molecule has 2 aliphatic heterocycles. The second-order valence-corrected chi connectivity index (χ2v) is 10.5. The molecular weight excluding hydrogens is 410 g/mol. The third-order valence-electron chi connectivity index (χ3n) is 7.75. The van der Waals surface area contributed by atoms with Crippen LogP contribution in [0.3, 0.4) is 0 Å². The van der Waals surface area contributed by atoms with E-state index in [4.69, 9.17) is 11.6 Å². The summed E-state index contributed by atoms with van der Waals surface area (Å²) in [5.41, 5.74) is 4.64. The molecule has 5 nitrogen and oxygen atoms in total. The lowest BCUT2D eigenvalue weighted by Gasteiger charge is -2.39. The van der Waals surface area contributed by atoms with Gasteiger partial charge in [0.1, 0.15) is 0 Å². The number of hydrogen-bond acceptors (Lipinski definition) is 3. The molecule has 0 spiro atoms. The molecule has 0 aromatic rings. The summed E-state index contributed by atoms with van der Waals surface area (Å²) in [4.78, 5) is 2.72. The first-order chi connectivity index (χ1) is 14.1. The minimum Gasteiger partial charge on any atom is -0.412 e. The van der Waals surface area contributed by atoms with Crippen molar-refractivity contribution in [2.24, 2.45) is 17.8 Å². The third kappa shape index (κ3) is 6.82. The Kier molecular flexibility index (Phi) is 10.6. The Hall–Kier alpha value is -0.850. The van der Waals surface area contributed by atoms with E-state index in [1.54, 1.807) is 5.57 Å². The zero-order chi connectivity index (χ0) is 20.2. The van der Waals surface area contributed by atoms with Gasteiger partial charge in [-0.2, -0.15) is 0 Å². The highest BCUT2D eigenvalue weighted by molar-refractivity contribution is 6.29. The van der Waals surface area contributed by atoms with Gasteiger partial charge in [-0.1, -0.05) is 37.6 Å². The van der Waals surface area contributed by atoms with Crippen molar-refractivity contribution in [3.63, 3.8) is 0 Å². The number of nitrogens with zero attached hydrogens (tertiary/aromatic N) is 1. The predicted molar refractivity (Wildman–Crippen MR) is 131 cm³/mol. The average molecular weight is 454 g/mol. The molecule has 0 bridgehead atoms. The summed E-state index contributed by atoms with van der Waals surface area (Å²) >= 11 is 6.18. The van der Waals surface area contributed by atoms with E-state index in [1.165, 1.54) is 75.9 Å². The van der Waals surface area contributed by atoms with Gasteiger partial charge in [-0.3, -0.25) is 0 Å². The summed E-state index contributed by atoms with van der Waals surface area (Å²) in [6.45, 7) is 10.6. The fourth-order valence-electron chi connectivity index (χ4n) is 5.75. The van der Waals surface area contributed by atoms with Crippen molar-refractivity contribution in [2.45, 2.75) is 71.3 Å². The fraction of sp³-hybridized carbons (Fsp3) is 0.760. The van der Waals surface area contributed by atoms with E-state index in [1.807, 2.05) is 0 Å². The molecule has 2 heterocycles. The maximum absolute atomic E-state index is 6.18.